The van der Waals surface area contributed by atoms with E-state index in [2.05, 4.69) is 76.6 Å². The van der Waals surface area contributed by atoms with Crippen LogP contribution >= 0.6 is 0 Å². The topological polar surface area (TPSA) is 67.2 Å². The summed E-state index contributed by atoms with van der Waals surface area (Å²) in [6.07, 6.45) is -1.86. The van der Waals surface area contributed by atoms with E-state index in [1.165, 1.54) is 42.5 Å². The van der Waals surface area contributed by atoms with E-state index in [9.17, 15) is 13.2 Å². The molecule has 2 rings (SSSR count). The van der Waals surface area contributed by atoms with E-state index in [-0.39, 0.29) is 11.6 Å². The van der Waals surface area contributed by atoms with Gasteiger partial charge in [0.1, 0.15) is 11.5 Å². The van der Waals surface area contributed by atoms with Gasteiger partial charge in [-0.05, 0) is 79.9 Å². The molecule has 0 unspecified atom stereocenters. The molecule has 6 nitrogen and oxygen atoms in total. The zero-order valence-corrected chi connectivity index (χ0v) is 24.3. The third kappa shape index (κ3) is 13.3. The molecule has 0 saturated carbocycles. The number of likely N-dealkylation sites (N-methyl/N-ethyl adjacent to an activating group) is 1. The van der Waals surface area contributed by atoms with Crippen LogP contribution in [0.3, 0.4) is 0 Å². The average Bonchev–Trinajstić information content (AvgIpc) is 2.92. The number of methoxy groups -OCH3 is 1. The lowest BCUT2D eigenvalue weighted by molar-refractivity contribution is -0.274. The van der Waals surface area contributed by atoms with Crippen molar-refractivity contribution in [3.8, 4) is 5.75 Å². The van der Waals surface area contributed by atoms with E-state index in [0.717, 1.165) is 37.3 Å². The summed E-state index contributed by atoms with van der Waals surface area (Å²) in [6, 6.07) is 13.8. The molecule has 0 atom stereocenters. The second-order valence-corrected chi connectivity index (χ2v) is 8.78. The van der Waals surface area contributed by atoms with Crippen LogP contribution < -0.4 is 15.4 Å². The fraction of sp³-hybridized carbons (Fsp3) is 0.355. The summed E-state index contributed by atoms with van der Waals surface area (Å²) in [6.45, 7) is 18.9. The summed E-state index contributed by atoms with van der Waals surface area (Å²) in [5, 5.41) is 6.60. The van der Waals surface area contributed by atoms with E-state index < -0.39 is 6.36 Å². The molecule has 9 heteroatoms. The molecule has 0 aromatic heterocycles. The maximum absolute atomic E-state index is 12.2. The third-order valence-electron chi connectivity index (χ3n) is 5.31. The number of halogens is 3. The predicted molar refractivity (Wildman–Crippen MR) is 161 cm³/mol. The first-order valence-corrected chi connectivity index (χ1v) is 13.0. The molecular formula is C31H41F3N4O2. The lowest BCUT2D eigenvalue weighted by Crippen LogP contribution is -2.25. The largest absolute Gasteiger partial charge is 0.573 e. The molecule has 0 bridgehead atoms. The lowest BCUT2D eigenvalue weighted by Gasteiger charge is -2.10. The number of rotatable bonds is 12. The van der Waals surface area contributed by atoms with Gasteiger partial charge in [-0.25, -0.2) is 4.99 Å². The molecule has 2 aromatic rings. The number of allylic oxidation sites excluding steroid dienone is 1. The number of benzene rings is 2. The van der Waals surface area contributed by atoms with Gasteiger partial charge >= 0.3 is 6.36 Å². The van der Waals surface area contributed by atoms with Gasteiger partial charge in [-0.3, -0.25) is 4.99 Å². The van der Waals surface area contributed by atoms with Crippen molar-refractivity contribution in [2.45, 2.75) is 40.5 Å². The number of hydrogen-bond donors (Lipinski definition) is 2. The van der Waals surface area contributed by atoms with Crippen molar-refractivity contribution in [2.24, 2.45) is 9.98 Å². The van der Waals surface area contributed by atoms with E-state index in [4.69, 9.17) is 4.74 Å². The van der Waals surface area contributed by atoms with E-state index >= 15 is 0 Å². The van der Waals surface area contributed by atoms with Crippen LogP contribution in [-0.2, 0) is 11.2 Å². The Morgan fingerprint density at radius 1 is 1.00 bits per heavy atom. The highest BCUT2D eigenvalue weighted by Gasteiger charge is 2.31. The monoisotopic (exact) mass is 558 g/mol. The van der Waals surface area contributed by atoms with E-state index in [1.54, 1.807) is 13.1 Å². The van der Waals surface area contributed by atoms with Gasteiger partial charge in [-0.2, -0.15) is 0 Å². The highest BCUT2D eigenvalue weighted by molar-refractivity contribution is 6.44. The van der Waals surface area contributed by atoms with E-state index in [0.29, 0.717) is 17.0 Å². The number of aryl methyl sites for hydroxylation is 1. The smallest absolute Gasteiger partial charge is 0.479 e. The van der Waals surface area contributed by atoms with Gasteiger partial charge in [0.05, 0.1) is 12.8 Å². The van der Waals surface area contributed by atoms with Crippen molar-refractivity contribution in [2.75, 3.05) is 33.8 Å². The summed E-state index contributed by atoms with van der Waals surface area (Å²) >= 11 is 0. The van der Waals surface area contributed by atoms with Gasteiger partial charge < -0.3 is 20.1 Å². The Kier molecular flexibility index (Phi) is 15.1. The van der Waals surface area contributed by atoms with Crippen LogP contribution in [0.5, 0.6) is 5.75 Å². The first-order chi connectivity index (χ1) is 18.9. The summed E-state index contributed by atoms with van der Waals surface area (Å²) < 4.78 is 45.5. The maximum Gasteiger partial charge on any atom is 0.573 e. The minimum absolute atomic E-state index is 0.263. The number of hydrogen-bond acceptors (Lipinski definition) is 6. The molecule has 0 amide bonds. The van der Waals surface area contributed by atoms with Gasteiger partial charge in [-0.1, -0.05) is 50.8 Å². The van der Waals surface area contributed by atoms with Crippen molar-refractivity contribution in [1.29, 1.82) is 0 Å². The van der Waals surface area contributed by atoms with Crippen LogP contribution in [0.1, 0.15) is 44.4 Å². The highest BCUT2D eigenvalue weighted by atomic mass is 19.4. The van der Waals surface area contributed by atoms with Gasteiger partial charge in [0.2, 0.25) is 5.90 Å². The second-order valence-electron chi connectivity index (χ2n) is 8.78. The highest BCUT2D eigenvalue weighted by Crippen LogP contribution is 2.25. The van der Waals surface area contributed by atoms with Crippen molar-refractivity contribution >= 4 is 23.0 Å². The number of nitrogens with one attached hydrogen (secondary N) is 2. The van der Waals surface area contributed by atoms with Gasteiger partial charge in [-0.15, -0.1) is 13.2 Å². The number of alkyl halides is 3. The molecule has 2 aromatic carbocycles. The Balaban J connectivity index is 0.000000433. The summed E-state index contributed by atoms with van der Waals surface area (Å²) in [5.41, 5.74) is 5.96. The Morgan fingerprint density at radius 3 is 2.20 bits per heavy atom. The quantitative estimate of drug-likeness (QED) is 0.166. The Morgan fingerprint density at radius 2 is 1.68 bits per heavy atom. The Bertz CT molecular complexity index is 1180. The molecule has 0 saturated heterocycles. The Hall–Kier alpha value is -3.85. The van der Waals surface area contributed by atoms with Crippen molar-refractivity contribution in [1.82, 2.24) is 10.6 Å². The van der Waals surface area contributed by atoms with Crippen molar-refractivity contribution in [3.63, 3.8) is 0 Å². The average molecular weight is 559 g/mol. The van der Waals surface area contributed by atoms with Crippen LogP contribution in [0.15, 0.2) is 83.3 Å². The first kappa shape index (κ1) is 34.2. The lowest BCUT2D eigenvalue weighted by atomic mass is 10.1. The zero-order chi connectivity index (χ0) is 30.1. The zero-order valence-electron chi connectivity index (χ0n) is 24.3. The molecule has 0 aliphatic rings. The normalized spacial score (nSPS) is 11.6. The van der Waals surface area contributed by atoms with Gasteiger partial charge in [0.15, 0.2) is 0 Å². The number of ether oxygens (including phenoxy) is 2. The molecule has 0 aliphatic heterocycles. The van der Waals surface area contributed by atoms with Crippen LogP contribution in [0.2, 0.25) is 0 Å². The van der Waals surface area contributed by atoms with E-state index in [1.807, 2.05) is 13.8 Å². The SMILES string of the molecule is C=C(N=C(OC)C(C=C(C)C)=NC)c1ccc(OC(F)(F)F)cc1.C=C(NCCNCC)c1cccc(CC)c1. The summed E-state index contributed by atoms with van der Waals surface area (Å²) in [5.74, 6) is -0.0466. The third-order valence-corrected chi connectivity index (χ3v) is 5.31. The summed E-state index contributed by atoms with van der Waals surface area (Å²) in [7, 11) is 3.06. The fourth-order valence-corrected chi connectivity index (χ4v) is 3.30. The Labute approximate surface area is 236 Å². The minimum Gasteiger partial charge on any atom is -0.479 e. The standard InChI is InChI=1S/C17H19F3N2O2.C14H22N2/c1-11(2)10-15(21-4)16(23-5)22-12(3)13-6-8-14(9-7-13)24-17(18,19)20;1-4-13-7-6-8-14(11-13)12(3)16-10-9-15-5-2/h6-10H,3H2,1-2,4-5H3;6-8,11,15-16H,3-5,9-10H2,1-2H3. The predicted octanol–water partition coefficient (Wildman–Crippen LogP) is 7.06. The molecule has 40 heavy (non-hydrogen) atoms. The van der Waals surface area contributed by atoms with Gasteiger partial charge in [0, 0.05) is 25.8 Å². The number of nitrogens with zero attached hydrogens (tertiary/aromatic N) is 2. The first-order valence-electron chi connectivity index (χ1n) is 13.0. The minimum atomic E-state index is -4.73. The molecule has 0 aliphatic carbocycles. The van der Waals surface area contributed by atoms with Crippen LogP contribution in [-0.4, -0.2) is 51.8 Å². The fourth-order valence-electron chi connectivity index (χ4n) is 3.30. The molecule has 218 valence electrons. The molecular weight excluding hydrogens is 517 g/mol. The van der Waals surface area contributed by atoms with Crippen molar-refractivity contribution in [3.05, 3.63) is 90.0 Å². The van der Waals surface area contributed by atoms with Crippen LogP contribution in [0.4, 0.5) is 13.2 Å². The molecule has 0 spiro atoms. The summed E-state index contributed by atoms with van der Waals surface area (Å²) in [4.78, 5) is 8.35. The molecule has 0 heterocycles. The molecule has 0 radical (unpaired) electrons. The maximum atomic E-state index is 12.2. The molecule has 0 fully saturated rings. The van der Waals surface area contributed by atoms with Crippen LogP contribution in [0, 0.1) is 0 Å². The molecule has 2 N–H and O–H groups in total. The number of aliphatic imine (C=N–C) groups is 2. The van der Waals surface area contributed by atoms with Crippen molar-refractivity contribution < 1.29 is 22.6 Å². The second kappa shape index (κ2) is 17.7. The van der Waals surface area contributed by atoms with Crippen LogP contribution in [0.25, 0.3) is 11.4 Å². The van der Waals surface area contributed by atoms with Gasteiger partial charge in [0.25, 0.3) is 0 Å².